The molecule has 1 amide bonds. The van der Waals surface area contributed by atoms with Crippen LogP contribution in [0.5, 0.6) is 0 Å². The molecule has 0 spiro atoms. The molecule has 0 bridgehead atoms. The molecule has 6 nitrogen and oxygen atoms in total. The van der Waals surface area contributed by atoms with Gasteiger partial charge in [0.2, 0.25) is 5.91 Å². The summed E-state index contributed by atoms with van der Waals surface area (Å²) >= 11 is 3.28. The minimum Gasteiger partial charge on any atom is -0.466 e. The predicted molar refractivity (Wildman–Crippen MR) is 106 cm³/mol. The normalized spacial score (nSPS) is 17.3. The van der Waals surface area contributed by atoms with Gasteiger partial charge in [0.05, 0.1) is 18.3 Å². The minimum atomic E-state index is -0.131. The first-order valence-corrected chi connectivity index (χ1v) is 11.3. The number of rotatable bonds is 5. The van der Waals surface area contributed by atoms with Gasteiger partial charge < -0.3 is 9.64 Å². The van der Waals surface area contributed by atoms with E-state index < -0.39 is 0 Å². The van der Waals surface area contributed by atoms with E-state index in [0.29, 0.717) is 38.3 Å². The maximum atomic E-state index is 12.6. The van der Waals surface area contributed by atoms with Crippen LogP contribution in [0, 0.1) is 5.92 Å². The second-order valence-corrected chi connectivity index (χ2v) is 8.96. The van der Waals surface area contributed by atoms with Crippen molar-refractivity contribution in [1.82, 2.24) is 14.9 Å². The summed E-state index contributed by atoms with van der Waals surface area (Å²) in [6.07, 6.45) is 6.40. The number of aryl methyl sites for hydroxylation is 2. The summed E-state index contributed by atoms with van der Waals surface area (Å²) in [5.41, 5.74) is 1.39. The molecule has 0 saturated carbocycles. The van der Waals surface area contributed by atoms with E-state index in [0.717, 1.165) is 28.1 Å². The van der Waals surface area contributed by atoms with Crippen molar-refractivity contribution >= 4 is 45.2 Å². The fourth-order valence-electron chi connectivity index (χ4n) is 3.86. The fraction of sp³-hybridized carbons (Fsp3) is 0.579. The third kappa shape index (κ3) is 3.82. The van der Waals surface area contributed by atoms with Gasteiger partial charge in [-0.1, -0.05) is 11.8 Å². The van der Waals surface area contributed by atoms with E-state index in [-0.39, 0.29) is 17.8 Å². The summed E-state index contributed by atoms with van der Waals surface area (Å²) in [6.45, 7) is 3.47. The SMILES string of the molecule is CCOC(=O)C1CCN(C(=O)CSc2ncnc3sc4c(c23)CCC4)CC1. The molecule has 2 aliphatic rings. The zero-order chi connectivity index (χ0) is 18.8. The van der Waals surface area contributed by atoms with Crippen LogP contribution in [0.25, 0.3) is 10.2 Å². The molecule has 0 atom stereocenters. The molecule has 1 aliphatic heterocycles. The predicted octanol–water partition coefficient (Wildman–Crippen LogP) is 3.07. The molecule has 0 unspecified atom stereocenters. The lowest BCUT2D eigenvalue weighted by Gasteiger charge is -2.30. The lowest BCUT2D eigenvalue weighted by atomic mass is 9.97. The molecule has 3 heterocycles. The molecule has 0 N–H and O–H groups in total. The van der Waals surface area contributed by atoms with Crippen molar-refractivity contribution in [2.45, 2.75) is 44.1 Å². The van der Waals surface area contributed by atoms with Crippen molar-refractivity contribution in [3.63, 3.8) is 0 Å². The van der Waals surface area contributed by atoms with Crippen LogP contribution in [0.3, 0.4) is 0 Å². The maximum Gasteiger partial charge on any atom is 0.309 e. The second-order valence-electron chi connectivity index (χ2n) is 6.91. The zero-order valence-corrected chi connectivity index (χ0v) is 17.0. The van der Waals surface area contributed by atoms with E-state index in [1.807, 2.05) is 11.8 Å². The number of hydrogen-bond donors (Lipinski definition) is 0. The van der Waals surface area contributed by atoms with Crippen LogP contribution in [0.15, 0.2) is 11.4 Å². The molecule has 1 saturated heterocycles. The fourth-order valence-corrected chi connectivity index (χ4v) is 6.08. The highest BCUT2D eigenvalue weighted by molar-refractivity contribution is 8.00. The van der Waals surface area contributed by atoms with Gasteiger partial charge in [0, 0.05) is 23.4 Å². The molecule has 2 aromatic rings. The number of carbonyl (C=O) groups excluding carboxylic acids is 2. The maximum absolute atomic E-state index is 12.6. The van der Waals surface area contributed by atoms with Crippen molar-refractivity contribution in [1.29, 1.82) is 0 Å². The lowest BCUT2D eigenvalue weighted by Crippen LogP contribution is -2.41. The zero-order valence-electron chi connectivity index (χ0n) is 15.4. The Morgan fingerprint density at radius 1 is 1.30 bits per heavy atom. The van der Waals surface area contributed by atoms with Gasteiger partial charge in [0.1, 0.15) is 16.2 Å². The van der Waals surface area contributed by atoms with Crippen LogP contribution in [-0.2, 0) is 27.2 Å². The summed E-state index contributed by atoms with van der Waals surface area (Å²) in [5, 5.41) is 2.09. The van der Waals surface area contributed by atoms with E-state index in [9.17, 15) is 9.59 Å². The van der Waals surface area contributed by atoms with Gasteiger partial charge in [0.15, 0.2) is 0 Å². The summed E-state index contributed by atoms with van der Waals surface area (Å²) in [4.78, 5) is 37.7. The first-order chi connectivity index (χ1) is 13.2. The molecule has 27 heavy (non-hydrogen) atoms. The largest absolute Gasteiger partial charge is 0.466 e. The Kier molecular flexibility index (Phi) is 5.63. The van der Waals surface area contributed by atoms with Gasteiger partial charge in [-0.05, 0) is 44.6 Å². The van der Waals surface area contributed by atoms with Crippen LogP contribution in [0.1, 0.15) is 36.6 Å². The Morgan fingerprint density at radius 2 is 2.11 bits per heavy atom. The lowest BCUT2D eigenvalue weighted by molar-refractivity contribution is -0.151. The van der Waals surface area contributed by atoms with Gasteiger partial charge in [-0.15, -0.1) is 11.3 Å². The summed E-state index contributed by atoms with van der Waals surface area (Å²) in [7, 11) is 0. The van der Waals surface area contributed by atoms with E-state index in [1.165, 1.54) is 28.6 Å². The minimum absolute atomic E-state index is 0.0727. The number of aromatic nitrogens is 2. The number of fused-ring (bicyclic) bond motifs is 3. The number of piperidine rings is 1. The molecule has 8 heteroatoms. The van der Waals surface area contributed by atoms with Gasteiger partial charge in [-0.25, -0.2) is 9.97 Å². The van der Waals surface area contributed by atoms with Crippen LogP contribution >= 0.6 is 23.1 Å². The van der Waals surface area contributed by atoms with Crippen LogP contribution in [0.2, 0.25) is 0 Å². The van der Waals surface area contributed by atoms with Gasteiger partial charge in [-0.2, -0.15) is 0 Å². The topological polar surface area (TPSA) is 72.4 Å². The number of thiophene rings is 1. The number of esters is 1. The number of ether oxygens (including phenoxy) is 1. The van der Waals surface area contributed by atoms with Crippen molar-refractivity contribution in [2.75, 3.05) is 25.4 Å². The third-order valence-electron chi connectivity index (χ3n) is 5.27. The van der Waals surface area contributed by atoms with Crippen molar-refractivity contribution < 1.29 is 14.3 Å². The van der Waals surface area contributed by atoms with E-state index >= 15 is 0 Å². The highest BCUT2D eigenvalue weighted by Gasteiger charge is 2.28. The van der Waals surface area contributed by atoms with Crippen LogP contribution in [0.4, 0.5) is 0 Å². The van der Waals surface area contributed by atoms with Crippen LogP contribution in [-0.4, -0.2) is 52.2 Å². The van der Waals surface area contributed by atoms with E-state index in [1.54, 1.807) is 17.7 Å². The van der Waals surface area contributed by atoms with Crippen molar-refractivity contribution in [3.05, 3.63) is 16.8 Å². The molecular formula is C19H23N3O3S2. The average Bonchev–Trinajstić information content (AvgIpc) is 3.27. The van der Waals surface area contributed by atoms with Crippen molar-refractivity contribution in [2.24, 2.45) is 5.92 Å². The molecule has 1 aliphatic carbocycles. The van der Waals surface area contributed by atoms with Gasteiger partial charge in [-0.3, -0.25) is 9.59 Å². The first-order valence-electron chi connectivity index (χ1n) is 9.49. The highest BCUT2D eigenvalue weighted by atomic mass is 32.2. The summed E-state index contributed by atoms with van der Waals surface area (Å²) < 4.78 is 5.09. The second kappa shape index (κ2) is 8.14. The van der Waals surface area contributed by atoms with E-state index in [2.05, 4.69) is 9.97 Å². The first kappa shape index (κ1) is 18.7. The third-order valence-corrected chi connectivity index (χ3v) is 7.44. The smallest absolute Gasteiger partial charge is 0.309 e. The molecule has 0 radical (unpaired) electrons. The quantitative estimate of drug-likeness (QED) is 0.432. The number of likely N-dealkylation sites (tertiary alicyclic amines) is 1. The Hall–Kier alpha value is -1.67. The van der Waals surface area contributed by atoms with Crippen LogP contribution < -0.4 is 0 Å². The van der Waals surface area contributed by atoms with Crippen molar-refractivity contribution in [3.8, 4) is 0 Å². The Morgan fingerprint density at radius 3 is 2.89 bits per heavy atom. The molecule has 2 aromatic heterocycles. The average molecular weight is 406 g/mol. The van der Waals surface area contributed by atoms with E-state index in [4.69, 9.17) is 4.74 Å². The summed E-state index contributed by atoms with van der Waals surface area (Å²) in [6, 6.07) is 0. The number of amides is 1. The molecule has 0 aromatic carbocycles. The standard InChI is InChI=1S/C19H23N3O3S2/c1-2-25-19(24)12-6-8-22(9-7-12)15(23)10-26-17-16-13-4-3-5-14(13)27-18(16)21-11-20-17/h11-12H,2-10H2,1H3. The number of hydrogen-bond acceptors (Lipinski definition) is 7. The number of carbonyl (C=O) groups is 2. The highest BCUT2D eigenvalue weighted by Crippen LogP contribution is 2.40. The Bertz CT molecular complexity index is 859. The summed E-state index contributed by atoms with van der Waals surface area (Å²) in [5.74, 6) is 0.284. The van der Waals surface area contributed by atoms with Gasteiger partial charge >= 0.3 is 5.97 Å². The number of thioether (sulfide) groups is 1. The molecular weight excluding hydrogens is 382 g/mol. The monoisotopic (exact) mass is 405 g/mol. The molecule has 1 fully saturated rings. The molecule has 4 rings (SSSR count). The van der Waals surface area contributed by atoms with Gasteiger partial charge in [0.25, 0.3) is 0 Å². The Balaban J connectivity index is 1.37. The Labute approximate surface area is 166 Å². The molecule has 144 valence electrons. The number of nitrogens with zero attached hydrogens (tertiary/aromatic N) is 3.